The van der Waals surface area contributed by atoms with Gasteiger partial charge in [0.05, 0.1) is 11.6 Å². The van der Waals surface area contributed by atoms with E-state index < -0.39 is 0 Å². The second-order valence-electron chi connectivity index (χ2n) is 8.05. The average molecular weight is 349 g/mol. The lowest BCUT2D eigenvalue weighted by Crippen LogP contribution is -2.47. The fraction of sp³-hybridized carbons (Fsp3) is 0.579. The van der Waals surface area contributed by atoms with Crippen LogP contribution in [0.25, 0.3) is 0 Å². The number of amides is 1. The minimum absolute atomic E-state index is 0.0233. The monoisotopic (exact) mass is 348 g/mol. The molecule has 1 N–H and O–H groups in total. The smallest absolute Gasteiger partial charge is 0.241 e. The van der Waals surface area contributed by atoms with E-state index in [-0.39, 0.29) is 16.7 Å². The fourth-order valence-corrected chi connectivity index (χ4v) is 3.76. The molecule has 0 aromatic heterocycles. The van der Waals surface area contributed by atoms with Crippen molar-refractivity contribution < 1.29 is 9.53 Å². The molecule has 0 spiro atoms. The van der Waals surface area contributed by atoms with Crippen LogP contribution in [-0.4, -0.2) is 18.2 Å². The predicted octanol–water partition coefficient (Wildman–Crippen LogP) is 4.45. The highest BCUT2D eigenvalue weighted by Gasteiger charge is 2.43. The first-order valence-corrected chi connectivity index (χ1v) is 8.97. The zero-order valence-corrected chi connectivity index (χ0v) is 15.4. The van der Waals surface area contributed by atoms with Crippen LogP contribution in [-0.2, 0) is 10.2 Å². The van der Waals surface area contributed by atoms with E-state index in [2.05, 4.69) is 31.3 Å². The molecule has 0 bridgehead atoms. The number of ether oxygens (including phenoxy) is 1. The molecule has 1 unspecified atom stereocenters. The summed E-state index contributed by atoms with van der Waals surface area (Å²) < 4.78 is 5.86. The molecule has 2 aliphatic rings. The Morgan fingerprint density at radius 3 is 2.83 bits per heavy atom. The van der Waals surface area contributed by atoms with Gasteiger partial charge in [-0.3, -0.25) is 4.79 Å². The summed E-state index contributed by atoms with van der Waals surface area (Å²) in [6.45, 7) is 6.98. The van der Waals surface area contributed by atoms with E-state index in [9.17, 15) is 4.79 Å². The summed E-state index contributed by atoms with van der Waals surface area (Å²) in [6.07, 6.45) is 4.55. The Balaban J connectivity index is 1.91. The average Bonchev–Trinajstić information content (AvgIpc) is 2.52. The van der Waals surface area contributed by atoms with Crippen LogP contribution in [0, 0.1) is 5.41 Å². The largest absolute Gasteiger partial charge is 0.491 e. The summed E-state index contributed by atoms with van der Waals surface area (Å²) in [4.78, 5) is 12.0. The molecule has 1 amide bonds. The lowest BCUT2D eigenvalue weighted by Gasteiger charge is -2.40. The van der Waals surface area contributed by atoms with Crippen molar-refractivity contribution in [1.29, 1.82) is 0 Å². The molecule has 1 heterocycles. The van der Waals surface area contributed by atoms with Crippen molar-refractivity contribution in [2.75, 3.05) is 6.61 Å². The lowest BCUT2D eigenvalue weighted by atomic mass is 9.65. The first-order chi connectivity index (χ1) is 11.3. The highest BCUT2D eigenvalue weighted by Crippen LogP contribution is 2.43. The molecule has 1 aliphatic heterocycles. The van der Waals surface area contributed by atoms with E-state index in [4.69, 9.17) is 16.3 Å². The van der Waals surface area contributed by atoms with Crippen molar-refractivity contribution in [3.63, 3.8) is 0 Å². The number of carbonyl (C=O) groups is 1. The van der Waals surface area contributed by atoms with Gasteiger partial charge in [0.25, 0.3) is 0 Å². The number of hydrazone groups is 1. The number of hydrogen-bond acceptors (Lipinski definition) is 3. The Morgan fingerprint density at radius 2 is 2.12 bits per heavy atom. The van der Waals surface area contributed by atoms with Gasteiger partial charge in [-0.25, -0.2) is 5.43 Å². The Hall–Kier alpha value is -1.55. The molecule has 0 saturated heterocycles. The van der Waals surface area contributed by atoms with Crippen molar-refractivity contribution in [3.05, 3.63) is 28.8 Å². The summed E-state index contributed by atoms with van der Waals surface area (Å²) in [5, 5.41) is 4.94. The quantitative estimate of drug-likeness (QED) is 0.877. The van der Waals surface area contributed by atoms with Gasteiger partial charge in [-0.15, -0.1) is 0 Å². The molecule has 1 atom stereocenters. The number of fused-ring (bicyclic) bond motifs is 1. The zero-order valence-electron chi connectivity index (χ0n) is 14.6. The van der Waals surface area contributed by atoms with E-state index >= 15 is 0 Å². The fourth-order valence-electron chi connectivity index (χ4n) is 3.52. The van der Waals surface area contributed by atoms with Crippen molar-refractivity contribution in [1.82, 2.24) is 5.43 Å². The number of halogens is 1. The second-order valence-corrected chi connectivity index (χ2v) is 8.46. The Morgan fingerprint density at radius 1 is 1.33 bits per heavy atom. The molecule has 4 nitrogen and oxygen atoms in total. The number of carbonyl (C=O) groups excluding carboxylic acids is 1. The number of nitrogens with one attached hydrogen (secondary N) is 1. The first-order valence-electron chi connectivity index (χ1n) is 8.59. The third-order valence-corrected chi connectivity index (χ3v) is 5.04. The maximum absolute atomic E-state index is 12.0. The summed E-state index contributed by atoms with van der Waals surface area (Å²) >= 11 is 6.48. The van der Waals surface area contributed by atoms with Gasteiger partial charge in [-0.05, 0) is 42.4 Å². The lowest BCUT2D eigenvalue weighted by molar-refractivity contribution is -0.122. The number of benzene rings is 1. The Bertz CT molecular complexity index is 678. The molecule has 1 aliphatic carbocycles. The van der Waals surface area contributed by atoms with E-state index in [1.807, 2.05) is 18.2 Å². The number of rotatable bonds is 3. The first kappa shape index (κ1) is 17.3. The maximum Gasteiger partial charge on any atom is 0.241 e. The minimum Gasteiger partial charge on any atom is -0.491 e. The topological polar surface area (TPSA) is 50.7 Å². The third-order valence-electron chi connectivity index (χ3n) is 4.74. The normalized spacial score (nSPS) is 24.0. The number of hydrogen-bond donors (Lipinski definition) is 1. The van der Waals surface area contributed by atoms with Crippen LogP contribution in [0.4, 0.5) is 0 Å². The summed E-state index contributed by atoms with van der Waals surface area (Å²) in [5.41, 5.74) is 4.56. The molecule has 5 heteroatoms. The molecule has 1 saturated carbocycles. The number of nitrogens with zero attached hydrogens (tertiary/aromatic N) is 1. The molecule has 1 aromatic carbocycles. The van der Waals surface area contributed by atoms with Gasteiger partial charge < -0.3 is 4.74 Å². The molecule has 1 aromatic rings. The molecule has 130 valence electrons. The van der Waals surface area contributed by atoms with Gasteiger partial charge in [0.2, 0.25) is 5.91 Å². The second kappa shape index (κ2) is 6.40. The van der Waals surface area contributed by atoms with Crippen LogP contribution in [0.3, 0.4) is 0 Å². The van der Waals surface area contributed by atoms with Gasteiger partial charge in [-0.1, -0.05) is 44.9 Å². The predicted molar refractivity (Wildman–Crippen MR) is 96.7 cm³/mol. The third kappa shape index (κ3) is 3.44. The minimum atomic E-state index is -0.299. The van der Waals surface area contributed by atoms with E-state index in [1.165, 1.54) is 0 Å². The molecular formula is C19H25ClN2O2. The molecule has 24 heavy (non-hydrogen) atoms. The Labute approximate surface area is 148 Å². The van der Waals surface area contributed by atoms with Gasteiger partial charge in [0, 0.05) is 17.5 Å². The zero-order chi connectivity index (χ0) is 17.4. The van der Waals surface area contributed by atoms with Crippen LogP contribution in [0.5, 0.6) is 5.75 Å². The standard InChI is InChI=1S/C19H25ClN2O2/c1-18(2,3)12-24-15-8-7-13(10-14(15)20)19-9-5-4-6-16(19)21-22-17(23)11-19/h7-8,10H,4-6,9,11-12H2,1-3H3,(H,22,23). The van der Waals surface area contributed by atoms with Crippen molar-refractivity contribution in [2.45, 2.75) is 58.3 Å². The van der Waals surface area contributed by atoms with Gasteiger partial charge in [0.1, 0.15) is 5.75 Å². The van der Waals surface area contributed by atoms with Crippen LogP contribution in [0.15, 0.2) is 23.3 Å². The van der Waals surface area contributed by atoms with Gasteiger partial charge in [-0.2, -0.15) is 5.10 Å². The van der Waals surface area contributed by atoms with Crippen molar-refractivity contribution in [3.8, 4) is 5.75 Å². The Kier molecular flexibility index (Phi) is 4.60. The van der Waals surface area contributed by atoms with Crippen LogP contribution >= 0.6 is 11.6 Å². The summed E-state index contributed by atoms with van der Waals surface area (Å²) in [6, 6.07) is 5.93. The van der Waals surface area contributed by atoms with Crippen LogP contribution < -0.4 is 10.2 Å². The summed E-state index contributed by atoms with van der Waals surface area (Å²) in [5.74, 6) is 0.672. The SMILES string of the molecule is CC(C)(C)COc1ccc(C23CCCCC2=NNC(=O)C3)cc1Cl. The summed E-state index contributed by atoms with van der Waals surface area (Å²) in [7, 11) is 0. The van der Waals surface area contributed by atoms with Gasteiger partial charge in [0.15, 0.2) is 0 Å². The van der Waals surface area contributed by atoms with Crippen LogP contribution in [0.2, 0.25) is 5.02 Å². The molecule has 0 radical (unpaired) electrons. The maximum atomic E-state index is 12.0. The highest BCUT2D eigenvalue weighted by atomic mass is 35.5. The van der Waals surface area contributed by atoms with Crippen molar-refractivity contribution >= 4 is 23.2 Å². The van der Waals surface area contributed by atoms with Gasteiger partial charge >= 0.3 is 0 Å². The highest BCUT2D eigenvalue weighted by molar-refractivity contribution is 6.32. The van der Waals surface area contributed by atoms with E-state index in [1.54, 1.807) is 0 Å². The van der Waals surface area contributed by atoms with E-state index in [0.29, 0.717) is 23.8 Å². The molecular weight excluding hydrogens is 324 g/mol. The molecule has 3 rings (SSSR count). The molecule has 1 fully saturated rings. The van der Waals surface area contributed by atoms with Crippen molar-refractivity contribution in [2.24, 2.45) is 10.5 Å². The van der Waals surface area contributed by atoms with Crippen LogP contribution in [0.1, 0.15) is 58.4 Å². The van der Waals surface area contributed by atoms with E-state index in [0.717, 1.165) is 37.0 Å².